The van der Waals surface area contributed by atoms with Crippen molar-refractivity contribution < 1.29 is 15.0 Å². The number of nitrogens with zero attached hydrogens (tertiary/aromatic N) is 2. The topological polar surface area (TPSA) is 84.6 Å². The summed E-state index contributed by atoms with van der Waals surface area (Å²) < 4.78 is 0. The zero-order valence-electron chi connectivity index (χ0n) is 14.0. The lowest BCUT2D eigenvalue weighted by Gasteiger charge is -2.20. The first-order valence-electron chi connectivity index (χ1n) is 7.92. The molecule has 0 amide bonds. The third kappa shape index (κ3) is 3.07. The highest BCUT2D eigenvalue weighted by molar-refractivity contribution is 5.91. The number of benzene rings is 2. The van der Waals surface area contributed by atoms with Crippen LogP contribution in [-0.4, -0.2) is 22.7 Å². The van der Waals surface area contributed by atoms with Gasteiger partial charge < -0.3 is 15.1 Å². The Morgan fingerprint density at radius 1 is 1.24 bits per heavy atom. The number of anilines is 1. The van der Waals surface area contributed by atoms with Gasteiger partial charge >= 0.3 is 5.97 Å². The summed E-state index contributed by atoms with van der Waals surface area (Å²) >= 11 is 0. The van der Waals surface area contributed by atoms with Crippen LogP contribution in [0.5, 0.6) is 5.75 Å². The van der Waals surface area contributed by atoms with E-state index in [-0.39, 0.29) is 17.2 Å². The molecule has 0 saturated carbocycles. The van der Waals surface area contributed by atoms with E-state index in [4.69, 9.17) is 5.11 Å². The Hall–Kier alpha value is -3.26. The molecule has 1 aliphatic rings. The van der Waals surface area contributed by atoms with Gasteiger partial charge in [0.05, 0.1) is 11.6 Å². The second-order valence-electron chi connectivity index (χ2n) is 6.27. The maximum Gasteiger partial charge on any atom is 0.339 e. The summed E-state index contributed by atoms with van der Waals surface area (Å²) in [5.74, 6) is -1.51. The van der Waals surface area contributed by atoms with Crippen LogP contribution >= 0.6 is 0 Å². The van der Waals surface area contributed by atoms with Crippen molar-refractivity contribution in [2.75, 3.05) is 11.4 Å². The van der Waals surface area contributed by atoms with E-state index in [1.165, 1.54) is 17.7 Å². The molecule has 0 saturated heterocycles. The minimum absolute atomic E-state index is 0.0492. The predicted octanol–water partition coefficient (Wildman–Crippen LogP) is 3.72. The molecule has 1 unspecified atom stereocenters. The second kappa shape index (κ2) is 6.33. The molecule has 5 heteroatoms. The maximum atomic E-state index is 11.0. The summed E-state index contributed by atoms with van der Waals surface area (Å²) in [4.78, 5) is 12.9. The van der Waals surface area contributed by atoms with E-state index in [0.29, 0.717) is 17.8 Å². The first-order chi connectivity index (χ1) is 11.9. The Kier molecular flexibility index (Phi) is 4.20. The average Bonchev–Trinajstić information content (AvgIpc) is 2.98. The molecular formula is C20H18N2O3. The van der Waals surface area contributed by atoms with Crippen molar-refractivity contribution in [1.82, 2.24) is 0 Å². The van der Waals surface area contributed by atoms with Crippen LogP contribution in [0.4, 0.5) is 5.69 Å². The Morgan fingerprint density at radius 2 is 2.00 bits per heavy atom. The summed E-state index contributed by atoms with van der Waals surface area (Å²) in [7, 11) is 0. The van der Waals surface area contributed by atoms with E-state index >= 15 is 0 Å². The van der Waals surface area contributed by atoms with Gasteiger partial charge in [0.15, 0.2) is 0 Å². The monoisotopic (exact) mass is 334 g/mol. The molecule has 0 aromatic heterocycles. The molecule has 2 aromatic carbocycles. The zero-order chi connectivity index (χ0) is 18.1. The molecule has 1 atom stereocenters. The molecule has 2 N–H and O–H groups in total. The third-order valence-electron chi connectivity index (χ3n) is 4.52. The van der Waals surface area contributed by atoms with Crippen molar-refractivity contribution in [3.8, 4) is 11.8 Å². The first-order valence-corrected chi connectivity index (χ1v) is 7.92. The molecule has 3 rings (SSSR count). The van der Waals surface area contributed by atoms with Gasteiger partial charge in [-0.2, -0.15) is 5.26 Å². The van der Waals surface area contributed by atoms with Gasteiger partial charge in [-0.05, 0) is 37.1 Å². The Bertz CT molecular complexity index is 925. The van der Waals surface area contributed by atoms with Gasteiger partial charge in [-0.15, -0.1) is 0 Å². The van der Waals surface area contributed by atoms with Crippen LogP contribution < -0.4 is 4.90 Å². The van der Waals surface area contributed by atoms with Crippen LogP contribution in [-0.2, 0) is 0 Å². The Balaban J connectivity index is 1.94. The van der Waals surface area contributed by atoms with Crippen LogP contribution in [0.15, 0.2) is 48.2 Å². The largest absolute Gasteiger partial charge is 0.507 e. The highest BCUT2D eigenvalue weighted by atomic mass is 16.4. The molecule has 0 aliphatic carbocycles. The highest BCUT2D eigenvalue weighted by Crippen LogP contribution is 2.36. The summed E-state index contributed by atoms with van der Waals surface area (Å²) in [6.07, 6.45) is 1.76. The lowest BCUT2D eigenvalue weighted by molar-refractivity contribution is 0.0694. The molecule has 1 aliphatic heterocycles. The quantitative estimate of drug-likeness (QED) is 0.893. The summed E-state index contributed by atoms with van der Waals surface area (Å²) in [6.45, 7) is 4.64. The van der Waals surface area contributed by atoms with Gasteiger partial charge in [0, 0.05) is 30.4 Å². The standard InChI is InChI=1S/C20H18N2O3/c1-12-3-5-16(13(2)7-12)18-11-22(10-14(18)9-21)15-4-6-17(20(24)25)19(23)8-15/h3-8,10,18,23H,11H2,1-2H3,(H,24,25). The number of nitriles is 1. The number of rotatable bonds is 3. The first kappa shape index (κ1) is 16.6. The molecule has 25 heavy (non-hydrogen) atoms. The van der Waals surface area contributed by atoms with E-state index in [0.717, 1.165) is 11.1 Å². The van der Waals surface area contributed by atoms with E-state index in [1.54, 1.807) is 12.3 Å². The van der Waals surface area contributed by atoms with Gasteiger partial charge in [-0.3, -0.25) is 0 Å². The molecule has 0 fully saturated rings. The number of phenols is 1. The summed E-state index contributed by atoms with van der Waals surface area (Å²) in [5.41, 5.74) is 4.58. The fourth-order valence-electron chi connectivity index (χ4n) is 3.25. The lowest BCUT2D eigenvalue weighted by Crippen LogP contribution is -2.17. The summed E-state index contributed by atoms with van der Waals surface area (Å²) in [6, 6.07) is 12.9. The SMILES string of the molecule is Cc1ccc(C2CN(c3ccc(C(=O)O)c(O)c3)C=C2C#N)c(C)c1. The molecule has 0 bridgehead atoms. The molecule has 0 spiro atoms. The smallest absolute Gasteiger partial charge is 0.339 e. The Labute approximate surface area is 146 Å². The number of aromatic hydroxyl groups is 1. The minimum Gasteiger partial charge on any atom is -0.507 e. The second-order valence-corrected chi connectivity index (χ2v) is 6.27. The van der Waals surface area contributed by atoms with Crippen molar-refractivity contribution in [1.29, 1.82) is 5.26 Å². The number of aryl methyl sites for hydroxylation is 2. The molecule has 126 valence electrons. The number of hydrogen-bond acceptors (Lipinski definition) is 4. The van der Waals surface area contributed by atoms with Crippen molar-refractivity contribution in [2.45, 2.75) is 19.8 Å². The van der Waals surface area contributed by atoms with Crippen LogP contribution in [0.3, 0.4) is 0 Å². The molecule has 2 aromatic rings. The van der Waals surface area contributed by atoms with E-state index < -0.39 is 5.97 Å². The number of hydrogen-bond donors (Lipinski definition) is 2. The number of aromatic carboxylic acids is 1. The van der Waals surface area contributed by atoms with Crippen LogP contribution in [0, 0.1) is 25.2 Å². The van der Waals surface area contributed by atoms with Crippen LogP contribution in [0.2, 0.25) is 0 Å². The molecule has 1 heterocycles. The van der Waals surface area contributed by atoms with Crippen LogP contribution in [0.25, 0.3) is 0 Å². The van der Waals surface area contributed by atoms with Crippen molar-refractivity contribution >= 4 is 11.7 Å². The molecular weight excluding hydrogens is 316 g/mol. The van der Waals surface area contributed by atoms with E-state index in [1.807, 2.05) is 24.8 Å². The zero-order valence-corrected chi connectivity index (χ0v) is 14.0. The van der Waals surface area contributed by atoms with E-state index in [2.05, 4.69) is 18.2 Å². The fraction of sp³-hybridized carbons (Fsp3) is 0.200. The normalized spacial score (nSPS) is 16.4. The van der Waals surface area contributed by atoms with Gasteiger partial charge in [0.25, 0.3) is 0 Å². The van der Waals surface area contributed by atoms with Crippen molar-refractivity contribution in [3.05, 3.63) is 70.4 Å². The number of carbonyl (C=O) groups is 1. The van der Waals surface area contributed by atoms with Crippen molar-refractivity contribution in [3.63, 3.8) is 0 Å². The van der Waals surface area contributed by atoms with Crippen LogP contribution in [0.1, 0.15) is 33.0 Å². The Morgan fingerprint density at radius 3 is 2.60 bits per heavy atom. The minimum atomic E-state index is -1.17. The van der Waals surface area contributed by atoms with Gasteiger partial charge in [-0.25, -0.2) is 4.79 Å². The average molecular weight is 334 g/mol. The third-order valence-corrected chi connectivity index (χ3v) is 4.52. The molecule has 5 nitrogen and oxygen atoms in total. The predicted molar refractivity (Wildman–Crippen MR) is 94.8 cm³/mol. The van der Waals surface area contributed by atoms with Gasteiger partial charge in [0.2, 0.25) is 0 Å². The van der Waals surface area contributed by atoms with E-state index in [9.17, 15) is 15.2 Å². The number of carboxylic acids is 1. The van der Waals surface area contributed by atoms with Crippen molar-refractivity contribution in [2.24, 2.45) is 0 Å². The maximum absolute atomic E-state index is 11.0. The van der Waals surface area contributed by atoms with Gasteiger partial charge in [0.1, 0.15) is 11.3 Å². The molecule has 0 radical (unpaired) electrons. The summed E-state index contributed by atoms with van der Waals surface area (Å²) in [5, 5.41) is 28.4. The lowest BCUT2D eigenvalue weighted by atomic mass is 9.90. The highest BCUT2D eigenvalue weighted by Gasteiger charge is 2.28. The van der Waals surface area contributed by atoms with Gasteiger partial charge in [-0.1, -0.05) is 23.8 Å². The fourth-order valence-corrected chi connectivity index (χ4v) is 3.25. The number of carboxylic acid groups (broad SMARTS) is 1.